The van der Waals surface area contributed by atoms with Crippen molar-refractivity contribution in [2.75, 3.05) is 0 Å². The Balaban J connectivity index is 0.00000240. The molecule has 0 heterocycles. The van der Waals surface area contributed by atoms with Gasteiger partial charge >= 0.3 is 29.6 Å². The zero-order valence-corrected chi connectivity index (χ0v) is 17.8. The molecule has 29 heavy (non-hydrogen) atoms. The van der Waals surface area contributed by atoms with Crippen molar-refractivity contribution in [2.24, 2.45) is 4.99 Å². The number of halogens is 1. The summed E-state index contributed by atoms with van der Waals surface area (Å²) in [5.74, 6) is -1.58. The predicted octanol–water partition coefficient (Wildman–Crippen LogP) is 1.65. The van der Waals surface area contributed by atoms with Gasteiger partial charge in [-0.2, -0.15) is 0 Å². The van der Waals surface area contributed by atoms with Gasteiger partial charge in [0, 0.05) is 5.56 Å². The summed E-state index contributed by atoms with van der Waals surface area (Å²) in [4.78, 5) is 17.2. The maximum Gasteiger partial charge on any atom is 1.00 e. The van der Waals surface area contributed by atoms with Crippen molar-refractivity contribution in [3.8, 4) is 0 Å². The van der Waals surface area contributed by atoms with E-state index in [-0.39, 0.29) is 46.4 Å². The first-order valence-electron chi connectivity index (χ1n) is 8.76. The van der Waals surface area contributed by atoms with E-state index in [1.807, 2.05) is 24.3 Å². The molecule has 0 N–H and O–H groups in total. The average Bonchev–Trinajstić information content (AvgIpc) is 2.74. The van der Waals surface area contributed by atoms with Crippen LogP contribution in [0, 0.1) is 5.82 Å². The topological polar surface area (TPSA) is 52.5 Å². The molecule has 0 fully saturated rings. The van der Waals surface area contributed by atoms with E-state index in [9.17, 15) is 14.3 Å². The first kappa shape index (κ1) is 20.9. The van der Waals surface area contributed by atoms with Crippen LogP contribution in [0.15, 0.2) is 96.0 Å². The molecule has 0 atom stereocenters. The summed E-state index contributed by atoms with van der Waals surface area (Å²) in [5.41, 5.74) is 0.773. The van der Waals surface area contributed by atoms with Gasteiger partial charge in [0.05, 0.1) is 11.3 Å². The number of nitrogens with zero attached hydrogens (tertiary/aromatic N) is 1. The molecule has 3 nitrogen and oxygen atoms in total. The maximum atomic E-state index is 14.2. The molecule has 0 bridgehead atoms. The monoisotopic (exact) mass is 391 g/mol. The van der Waals surface area contributed by atoms with Crippen LogP contribution in [0.3, 0.4) is 0 Å². The Hall–Kier alpha value is -2.79. The largest absolute Gasteiger partial charge is 1.00 e. The van der Waals surface area contributed by atoms with Gasteiger partial charge in [0.25, 0.3) is 0 Å². The maximum absolute atomic E-state index is 14.2. The van der Waals surface area contributed by atoms with Crippen LogP contribution in [-0.2, 0) is 0 Å². The van der Waals surface area contributed by atoms with Gasteiger partial charge in [-0.15, -0.1) is 0 Å². The minimum Gasteiger partial charge on any atom is -0.858 e. The number of hydrogen-bond acceptors (Lipinski definition) is 3. The van der Waals surface area contributed by atoms with Gasteiger partial charge in [-0.05, 0) is 46.5 Å². The number of fused-ring (bicyclic) bond motifs is 1. The average molecular weight is 391 g/mol. The molecule has 0 saturated carbocycles. The molecule has 5 heteroatoms. The van der Waals surface area contributed by atoms with Crippen LogP contribution >= 0.6 is 0 Å². The first-order chi connectivity index (χ1) is 13.6. The first-order valence-corrected chi connectivity index (χ1v) is 8.76. The Morgan fingerprint density at radius 2 is 1.34 bits per heavy atom. The van der Waals surface area contributed by atoms with Crippen molar-refractivity contribution < 1.29 is 43.8 Å². The minimum absolute atomic E-state index is 0. The van der Waals surface area contributed by atoms with Gasteiger partial charge in [0.2, 0.25) is 0 Å². The number of hydrogen-bond donors (Lipinski definition) is 0. The number of carbonyl (C=O) groups excluding carboxylic acids is 1. The number of benzene rings is 4. The molecular formula is C24H15FNNaO2. The molecule has 4 aromatic carbocycles. The fraction of sp³-hybridized carbons (Fsp3) is 0. The molecule has 0 unspecified atom stereocenters. The van der Waals surface area contributed by atoms with Crippen LogP contribution in [0.1, 0.15) is 21.5 Å². The van der Waals surface area contributed by atoms with Crippen LogP contribution in [0.4, 0.5) is 10.1 Å². The standard InChI is InChI=1S/C24H16FNO2.Na/c25-21-13-7-6-12-19(21)23(27)20-14-17-10-4-5-11-18(17)15-22(20)26-24(28)16-8-2-1-3-9-16;/h1-15H,(H,26,28);/q;+1/p-1. The number of ketones is 1. The van der Waals surface area contributed by atoms with E-state index < -0.39 is 17.5 Å². The van der Waals surface area contributed by atoms with Crippen molar-refractivity contribution in [2.45, 2.75) is 0 Å². The minimum atomic E-state index is -0.610. The van der Waals surface area contributed by atoms with Gasteiger partial charge in [-0.3, -0.25) is 9.79 Å². The normalized spacial score (nSPS) is 11.1. The fourth-order valence-corrected chi connectivity index (χ4v) is 3.05. The second-order valence-electron chi connectivity index (χ2n) is 6.31. The third-order valence-corrected chi connectivity index (χ3v) is 4.47. The van der Waals surface area contributed by atoms with Gasteiger partial charge in [0.1, 0.15) is 5.82 Å². The van der Waals surface area contributed by atoms with Crippen molar-refractivity contribution in [3.05, 3.63) is 114 Å². The van der Waals surface area contributed by atoms with Crippen LogP contribution in [0.5, 0.6) is 0 Å². The Bertz CT molecular complexity index is 1210. The van der Waals surface area contributed by atoms with E-state index in [2.05, 4.69) is 4.99 Å². The molecule has 0 aliphatic heterocycles. The zero-order chi connectivity index (χ0) is 19.5. The molecule has 4 aromatic rings. The quantitative estimate of drug-likeness (QED) is 0.230. The summed E-state index contributed by atoms with van der Waals surface area (Å²) in [6, 6.07) is 25.2. The smallest absolute Gasteiger partial charge is 0.858 e. The van der Waals surface area contributed by atoms with E-state index in [0.717, 1.165) is 10.8 Å². The van der Waals surface area contributed by atoms with E-state index in [1.165, 1.54) is 18.2 Å². The van der Waals surface area contributed by atoms with Crippen molar-refractivity contribution in [1.29, 1.82) is 0 Å². The third-order valence-electron chi connectivity index (χ3n) is 4.47. The zero-order valence-electron chi connectivity index (χ0n) is 15.8. The molecule has 0 aliphatic carbocycles. The summed E-state index contributed by atoms with van der Waals surface area (Å²) in [5, 5.41) is 14.2. The third kappa shape index (κ3) is 4.46. The van der Waals surface area contributed by atoms with E-state index >= 15 is 0 Å². The fourth-order valence-electron chi connectivity index (χ4n) is 3.05. The molecule has 136 valence electrons. The number of rotatable bonds is 4. The Morgan fingerprint density at radius 1 is 0.759 bits per heavy atom. The molecule has 0 radical (unpaired) electrons. The summed E-state index contributed by atoms with van der Waals surface area (Å²) in [6.45, 7) is 0. The molecule has 0 aliphatic rings. The van der Waals surface area contributed by atoms with Crippen molar-refractivity contribution in [1.82, 2.24) is 0 Å². The predicted molar refractivity (Wildman–Crippen MR) is 106 cm³/mol. The molecule has 0 amide bonds. The second-order valence-corrected chi connectivity index (χ2v) is 6.31. The summed E-state index contributed by atoms with van der Waals surface area (Å²) in [7, 11) is 0. The van der Waals surface area contributed by atoms with E-state index in [0.29, 0.717) is 5.56 Å². The van der Waals surface area contributed by atoms with Gasteiger partial charge < -0.3 is 5.11 Å². The van der Waals surface area contributed by atoms with Gasteiger partial charge in [-0.25, -0.2) is 4.39 Å². The van der Waals surface area contributed by atoms with Crippen LogP contribution in [0.2, 0.25) is 0 Å². The van der Waals surface area contributed by atoms with Crippen LogP contribution in [0.25, 0.3) is 10.8 Å². The van der Waals surface area contributed by atoms with Crippen molar-refractivity contribution in [3.63, 3.8) is 0 Å². The molecule has 0 saturated heterocycles. The van der Waals surface area contributed by atoms with Crippen molar-refractivity contribution >= 4 is 28.1 Å². The Kier molecular flexibility index (Phi) is 6.60. The van der Waals surface area contributed by atoms with Gasteiger partial charge in [0.15, 0.2) is 5.78 Å². The molecule has 4 rings (SSSR count). The Labute approximate surface area is 189 Å². The van der Waals surface area contributed by atoms with Gasteiger partial charge in [-0.1, -0.05) is 66.7 Å². The van der Waals surface area contributed by atoms with Crippen LogP contribution in [-0.4, -0.2) is 11.7 Å². The summed E-state index contributed by atoms with van der Waals surface area (Å²) < 4.78 is 14.2. The molecular weight excluding hydrogens is 376 g/mol. The summed E-state index contributed by atoms with van der Waals surface area (Å²) >= 11 is 0. The Morgan fingerprint density at radius 3 is 2.03 bits per heavy atom. The SMILES string of the molecule is O=C(c1ccccc1F)c1cc2ccccc2cc1N=C([O-])c1ccccc1.[Na+]. The van der Waals surface area contributed by atoms with E-state index in [4.69, 9.17) is 0 Å². The van der Waals surface area contributed by atoms with Crippen LogP contribution < -0.4 is 34.7 Å². The second kappa shape index (κ2) is 9.14. The van der Waals surface area contributed by atoms with E-state index in [1.54, 1.807) is 48.5 Å². The molecule has 0 aromatic heterocycles. The number of aliphatic imine (C=N–C) groups is 1. The summed E-state index contributed by atoms with van der Waals surface area (Å²) in [6.07, 6.45) is 0. The molecule has 0 spiro atoms. The number of carbonyl (C=O) groups is 1.